The molecule has 0 radical (unpaired) electrons. The fourth-order valence-electron chi connectivity index (χ4n) is 0. The van der Waals surface area contributed by atoms with Crippen molar-refractivity contribution in [1.82, 2.24) is 0 Å². The molecule has 0 aromatic carbocycles. The first kappa shape index (κ1) is 65.4. The first-order valence-electron chi connectivity index (χ1n) is 0. The van der Waals surface area contributed by atoms with Gasteiger partial charge in [-0.2, -0.15) is 0 Å². The van der Waals surface area contributed by atoms with E-state index in [0.717, 1.165) is 0 Å². The van der Waals surface area contributed by atoms with Gasteiger partial charge >= 0.3 is 91.3 Å². The minimum atomic E-state index is 0. The molecule has 0 aliphatic carbocycles. The van der Waals surface area contributed by atoms with E-state index in [4.69, 9.17) is 0 Å². The molecule has 0 spiro atoms. The fraction of sp³-hybridized carbons (Fsp3) is 0. The van der Waals surface area contributed by atoms with Gasteiger partial charge in [0.05, 0.1) is 0 Å². The second kappa shape index (κ2) is 44.3. The van der Waals surface area contributed by atoms with Crippen molar-refractivity contribution < 1.29 is 11.0 Å². The molecular weight excluding hydrogens is 401 g/mol. The molecule has 2 nitrogen and oxygen atoms in total. The Labute approximate surface area is 101 Å². The maximum atomic E-state index is 0. The van der Waals surface area contributed by atoms with Crippen LogP contribution < -0.4 is 0 Å². The van der Waals surface area contributed by atoms with Crippen molar-refractivity contribution in [3.63, 3.8) is 0 Å². The van der Waals surface area contributed by atoms with Crippen LogP contribution in [0.4, 0.5) is 0 Å². The monoisotopic (exact) mass is 416 g/mol. The van der Waals surface area contributed by atoms with Crippen LogP contribution in [0.1, 0.15) is 0 Å². The molecule has 0 bridgehead atoms. The van der Waals surface area contributed by atoms with Crippen molar-refractivity contribution in [2.75, 3.05) is 0 Å². The third kappa shape index (κ3) is 28.4. The number of hydrogen-bond donors (Lipinski definition) is 0. The van der Waals surface area contributed by atoms with Gasteiger partial charge in [0.25, 0.3) is 0 Å². The van der Waals surface area contributed by atoms with Crippen LogP contribution in [0.3, 0.4) is 0 Å². The molecule has 0 amide bonds. The molecule has 0 aromatic heterocycles. The molecule has 0 aliphatic heterocycles. The summed E-state index contributed by atoms with van der Waals surface area (Å²) in [6, 6.07) is 0. The molecular formula is H16Ga2In2O2. The SMILES string of the molecule is O.O.[GaH3].[GaH3].[InH3].[InH3]. The van der Waals surface area contributed by atoms with Crippen molar-refractivity contribution in [3.05, 3.63) is 0 Å². The average Bonchev–Trinajstić information content (AvgIpc) is 0. The summed E-state index contributed by atoms with van der Waals surface area (Å²) in [6.07, 6.45) is 0. The standard InChI is InChI=1S/2Ga.2In.2H2O.12H/h;;;;2*1H2;;;;;;;;;;;;. The Morgan fingerprint density at radius 2 is 0.500 bits per heavy atom. The summed E-state index contributed by atoms with van der Waals surface area (Å²) in [6.45, 7) is 0. The third-order valence-corrected chi connectivity index (χ3v) is 0. The molecule has 0 saturated heterocycles. The molecule has 0 aliphatic rings. The number of hydrogen-bond acceptors (Lipinski definition) is 0. The van der Waals surface area contributed by atoms with E-state index in [9.17, 15) is 0 Å². The van der Waals surface area contributed by atoms with Gasteiger partial charge in [-0.1, -0.05) is 0 Å². The summed E-state index contributed by atoms with van der Waals surface area (Å²) in [5.74, 6) is 0. The Morgan fingerprint density at radius 1 is 0.500 bits per heavy atom. The van der Waals surface area contributed by atoms with Gasteiger partial charge in [0.2, 0.25) is 0 Å². The van der Waals surface area contributed by atoms with Gasteiger partial charge in [0, 0.05) is 0 Å². The van der Waals surface area contributed by atoms with E-state index < -0.39 is 0 Å². The fourth-order valence-corrected chi connectivity index (χ4v) is 0. The Morgan fingerprint density at radius 3 is 0.500 bits per heavy atom. The average molecular weight is 417 g/mol. The normalized spacial score (nSPS) is 0. The summed E-state index contributed by atoms with van der Waals surface area (Å²) >= 11 is 0. The van der Waals surface area contributed by atoms with Gasteiger partial charge in [-0.05, 0) is 0 Å². The molecule has 0 aromatic rings. The Kier molecular flexibility index (Phi) is 483. The van der Waals surface area contributed by atoms with Gasteiger partial charge < -0.3 is 11.0 Å². The molecule has 0 fully saturated rings. The summed E-state index contributed by atoms with van der Waals surface area (Å²) in [4.78, 5) is 0. The van der Waals surface area contributed by atoms with E-state index >= 15 is 0 Å². The summed E-state index contributed by atoms with van der Waals surface area (Å²) in [5, 5.41) is 0. The van der Waals surface area contributed by atoms with Crippen LogP contribution in [-0.4, -0.2) is 102 Å². The van der Waals surface area contributed by atoms with Crippen LogP contribution in [-0.2, 0) is 0 Å². The third-order valence-electron chi connectivity index (χ3n) is 0. The minimum absolute atomic E-state index is 0. The van der Waals surface area contributed by atoms with Gasteiger partial charge in [0.1, 0.15) is 0 Å². The molecule has 6 heteroatoms. The van der Waals surface area contributed by atoms with Crippen molar-refractivity contribution >= 4 is 91.3 Å². The predicted molar refractivity (Wildman–Crippen MR) is 47.0 cm³/mol. The van der Waals surface area contributed by atoms with Gasteiger partial charge in [-0.3, -0.25) is 0 Å². The van der Waals surface area contributed by atoms with E-state index in [2.05, 4.69) is 0 Å². The molecule has 0 saturated carbocycles. The molecule has 0 atom stereocenters. The quantitative estimate of drug-likeness (QED) is 0.352. The summed E-state index contributed by atoms with van der Waals surface area (Å²) < 4.78 is 0. The number of rotatable bonds is 0. The van der Waals surface area contributed by atoms with Crippen molar-refractivity contribution in [2.24, 2.45) is 0 Å². The molecule has 0 heterocycles. The zero-order valence-electron chi connectivity index (χ0n) is 1.00. The Balaban J connectivity index is 0. The Hall–Kier alpha value is 2.93. The zero-order valence-corrected chi connectivity index (χ0v) is 1.00. The Bertz CT molecular complexity index is 9.51. The molecule has 0 rings (SSSR count). The van der Waals surface area contributed by atoms with E-state index in [1.165, 1.54) is 0 Å². The second-order valence-electron chi connectivity index (χ2n) is 0. The summed E-state index contributed by atoms with van der Waals surface area (Å²) in [7, 11) is 0. The molecule has 4 N–H and O–H groups in total. The topological polar surface area (TPSA) is 63.0 Å². The zero-order chi connectivity index (χ0) is 0. The van der Waals surface area contributed by atoms with Crippen molar-refractivity contribution in [2.45, 2.75) is 0 Å². The molecule has 40 valence electrons. The van der Waals surface area contributed by atoms with E-state index in [1.54, 1.807) is 0 Å². The molecule has 6 heavy (non-hydrogen) atoms. The summed E-state index contributed by atoms with van der Waals surface area (Å²) in [5.41, 5.74) is 0. The maximum absolute atomic E-state index is 0. The van der Waals surface area contributed by atoms with Crippen LogP contribution in [0.5, 0.6) is 0 Å². The van der Waals surface area contributed by atoms with Crippen LogP contribution in [0.25, 0.3) is 0 Å². The van der Waals surface area contributed by atoms with Crippen LogP contribution in [0.15, 0.2) is 0 Å². The molecule has 0 unspecified atom stereocenters. The van der Waals surface area contributed by atoms with E-state index in [0.29, 0.717) is 0 Å². The van der Waals surface area contributed by atoms with Crippen LogP contribution in [0, 0.1) is 0 Å². The first-order valence-corrected chi connectivity index (χ1v) is 0. The van der Waals surface area contributed by atoms with E-state index in [-0.39, 0.29) is 102 Å². The van der Waals surface area contributed by atoms with Crippen LogP contribution >= 0.6 is 0 Å². The van der Waals surface area contributed by atoms with Gasteiger partial charge in [-0.15, -0.1) is 0 Å². The van der Waals surface area contributed by atoms with Gasteiger partial charge in [0.15, 0.2) is 0 Å². The second-order valence-corrected chi connectivity index (χ2v) is 0. The van der Waals surface area contributed by atoms with Crippen molar-refractivity contribution in [3.8, 4) is 0 Å². The van der Waals surface area contributed by atoms with Crippen molar-refractivity contribution in [1.29, 1.82) is 0 Å². The van der Waals surface area contributed by atoms with Crippen LogP contribution in [0.2, 0.25) is 0 Å². The van der Waals surface area contributed by atoms with E-state index in [1.807, 2.05) is 0 Å². The first-order chi connectivity index (χ1) is 0. The van der Waals surface area contributed by atoms with Gasteiger partial charge in [-0.25, -0.2) is 0 Å². The predicted octanol–water partition coefficient (Wildman–Crippen LogP) is -6.38.